The summed E-state index contributed by atoms with van der Waals surface area (Å²) >= 11 is 0. The van der Waals surface area contributed by atoms with Gasteiger partial charge in [-0.2, -0.15) is 0 Å². The molecule has 1 fully saturated rings. The van der Waals surface area contributed by atoms with Crippen LogP contribution in [-0.2, 0) is 0 Å². The molecule has 3 atom stereocenters. The first-order valence-corrected chi connectivity index (χ1v) is 8.70. The highest BCUT2D eigenvalue weighted by atomic mass is 15.2. The molecule has 114 valence electrons. The first-order valence-electron chi connectivity index (χ1n) is 8.70. The Hall–Kier alpha value is -0.0800. The number of likely N-dealkylation sites (tertiary alicyclic amines) is 1. The number of hydrogen-bond donors (Lipinski definition) is 1. The van der Waals surface area contributed by atoms with Gasteiger partial charge in [-0.3, -0.25) is 4.90 Å². The lowest BCUT2D eigenvalue weighted by Crippen LogP contribution is -2.52. The Morgan fingerprint density at radius 3 is 2.63 bits per heavy atom. The Labute approximate surface area is 121 Å². The number of unbranched alkanes of at least 4 members (excludes halogenated alkanes) is 1. The lowest BCUT2D eigenvalue weighted by atomic mass is 9.92. The van der Waals surface area contributed by atoms with Gasteiger partial charge in [-0.15, -0.1) is 0 Å². The molecule has 0 aromatic rings. The second-order valence-electron chi connectivity index (χ2n) is 6.32. The van der Waals surface area contributed by atoms with Crippen LogP contribution in [0.1, 0.15) is 72.6 Å². The van der Waals surface area contributed by atoms with Crippen LogP contribution < -0.4 is 5.32 Å². The van der Waals surface area contributed by atoms with Gasteiger partial charge in [-0.05, 0) is 45.2 Å². The fourth-order valence-corrected chi connectivity index (χ4v) is 3.52. The molecular formula is C17H36N2. The molecule has 0 saturated carbocycles. The fourth-order valence-electron chi connectivity index (χ4n) is 3.52. The molecule has 1 saturated heterocycles. The summed E-state index contributed by atoms with van der Waals surface area (Å²) in [6.07, 6.45) is 9.72. The van der Waals surface area contributed by atoms with E-state index in [0.29, 0.717) is 6.04 Å². The predicted molar refractivity (Wildman–Crippen MR) is 85.7 cm³/mol. The maximum atomic E-state index is 3.64. The fraction of sp³-hybridized carbons (Fsp3) is 1.00. The van der Waals surface area contributed by atoms with Crippen molar-refractivity contribution in [3.8, 4) is 0 Å². The quantitative estimate of drug-likeness (QED) is 0.678. The monoisotopic (exact) mass is 268 g/mol. The average molecular weight is 268 g/mol. The number of nitrogens with zero attached hydrogens (tertiary/aromatic N) is 1. The van der Waals surface area contributed by atoms with Gasteiger partial charge in [0.25, 0.3) is 0 Å². The smallest absolute Gasteiger partial charge is 0.0246 e. The lowest BCUT2D eigenvalue weighted by molar-refractivity contribution is 0.0969. The molecule has 0 bridgehead atoms. The third-order valence-electron chi connectivity index (χ3n) is 4.80. The summed E-state index contributed by atoms with van der Waals surface area (Å²) in [5, 5.41) is 3.64. The van der Waals surface area contributed by atoms with Gasteiger partial charge in [-0.25, -0.2) is 0 Å². The molecule has 0 radical (unpaired) electrons. The van der Waals surface area contributed by atoms with E-state index in [1.807, 2.05) is 0 Å². The Morgan fingerprint density at radius 2 is 2.00 bits per heavy atom. The van der Waals surface area contributed by atoms with E-state index in [4.69, 9.17) is 0 Å². The number of hydrogen-bond acceptors (Lipinski definition) is 2. The average Bonchev–Trinajstić information content (AvgIpc) is 2.44. The van der Waals surface area contributed by atoms with Crippen molar-refractivity contribution in [3.05, 3.63) is 0 Å². The van der Waals surface area contributed by atoms with E-state index in [1.54, 1.807) is 0 Å². The number of nitrogens with one attached hydrogen (secondary N) is 1. The van der Waals surface area contributed by atoms with Crippen LogP contribution in [0.2, 0.25) is 0 Å². The molecule has 1 aliphatic rings. The van der Waals surface area contributed by atoms with Gasteiger partial charge in [0.15, 0.2) is 0 Å². The highest BCUT2D eigenvalue weighted by Crippen LogP contribution is 2.23. The van der Waals surface area contributed by atoms with Crippen LogP contribution in [0, 0.1) is 5.92 Å². The van der Waals surface area contributed by atoms with Crippen molar-refractivity contribution < 1.29 is 0 Å². The molecule has 1 heterocycles. The van der Waals surface area contributed by atoms with Crippen molar-refractivity contribution in [1.29, 1.82) is 0 Å². The van der Waals surface area contributed by atoms with E-state index in [0.717, 1.165) is 18.5 Å². The van der Waals surface area contributed by atoms with Gasteiger partial charge in [0.05, 0.1) is 0 Å². The molecule has 2 nitrogen and oxygen atoms in total. The highest BCUT2D eigenvalue weighted by Gasteiger charge is 2.28. The minimum Gasteiger partial charge on any atom is -0.313 e. The normalized spacial score (nSPS) is 24.3. The van der Waals surface area contributed by atoms with E-state index in [1.165, 1.54) is 58.0 Å². The van der Waals surface area contributed by atoms with E-state index in [9.17, 15) is 0 Å². The molecule has 0 spiro atoms. The van der Waals surface area contributed by atoms with Crippen molar-refractivity contribution >= 4 is 0 Å². The molecule has 2 heteroatoms. The zero-order chi connectivity index (χ0) is 14.1. The third kappa shape index (κ3) is 5.83. The Morgan fingerprint density at radius 1 is 1.21 bits per heavy atom. The molecular weight excluding hydrogens is 232 g/mol. The summed E-state index contributed by atoms with van der Waals surface area (Å²) in [6, 6.07) is 1.42. The third-order valence-corrected chi connectivity index (χ3v) is 4.80. The second kappa shape index (κ2) is 9.77. The summed E-state index contributed by atoms with van der Waals surface area (Å²) in [5.74, 6) is 0.911. The SMILES string of the molecule is CCCCC(CC)CN1CCCCC1C(C)NCC. The van der Waals surface area contributed by atoms with Crippen molar-refractivity contribution in [2.24, 2.45) is 5.92 Å². The zero-order valence-electron chi connectivity index (χ0n) is 13.8. The van der Waals surface area contributed by atoms with E-state index in [2.05, 4.69) is 37.9 Å². The highest BCUT2D eigenvalue weighted by molar-refractivity contribution is 4.85. The van der Waals surface area contributed by atoms with Gasteiger partial charge in [0.2, 0.25) is 0 Å². The molecule has 3 unspecified atom stereocenters. The van der Waals surface area contributed by atoms with Crippen molar-refractivity contribution in [2.75, 3.05) is 19.6 Å². The van der Waals surface area contributed by atoms with Crippen LogP contribution in [-0.4, -0.2) is 36.6 Å². The lowest BCUT2D eigenvalue weighted by Gasteiger charge is -2.41. The van der Waals surface area contributed by atoms with Gasteiger partial charge >= 0.3 is 0 Å². The summed E-state index contributed by atoms with van der Waals surface area (Å²) in [7, 11) is 0. The summed E-state index contributed by atoms with van der Waals surface area (Å²) in [4.78, 5) is 2.79. The van der Waals surface area contributed by atoms with E-state index in [-0.39, 0.29) is 0 Å². The molecule has 1 N–H and O–H groups in total. The number of likely N-dealkylation sites (N-methyl/N-ethyl adjacent to an activating group) is 1. The Kier molecular flexibility index (Phi) is 8.72. The minimum atomic E-state index is 0.647. The second-order valence-corrected chi connectivity index (χ2v) is 6.32. The summed E-state index contributed by atoms with van der Waals surface area (Å²) < 4.78 is 0. The minimum absolute atomic E-state index is 0.647. The number of rotatable bonds is 9. The molecule has 0 amide bonds. The number of piperidine rings is 1. The Bertz CT molecular complexity index is 217. The molecule has 0 aromatic carbocycles. The predicted octanol–water partition coefficient (Wildman–Crippen LogP) is 4.06. The maximum Gasteiger partial charge on any atom is 0.0246 e. The van der Waals surface area contributed by atoms with E-state index < -0.39 is 0 Å². The van der Waals surface area contributed by atoms with Crippen LogP contribution >= 0.6 is 0 Å². The van der Waals surface area contributed by atoms with Crippen molar-refractivity contribution in [1.82, 2.24) is 10.2 Å². The van der Waals surface area contributed by atoms with E-state index >= 15 is 0 Å². The van der Waals surface area contributed by atoms with Crippen LogP contribution in [0.4, 0.5) is 0 Å². The van der Waals surface area contributed by atoms with Gasteiger partial charge in [-0.1, -0.05) is 46.5 Å². The van der Waals surface area contributed by atoms with Crippen molar-refractivity contribution in [2.45, 2.75) is 84.7 Å². The molecule has 1 aliphatic heterocycles. The first-order chi connectivity index (χ1) is 9.22. The van der Waals surface area contributed by atoms with Crippen LogP contribution in [0.15, 0.2) is 0 Å². The van der Waals surface area contributed by atoms with Crippen molar-refractivity contribution in [3.63, 3.8) is 0 Å². The van der Waals surface area contributed by atoms with Crippen LogP contribution in [0.3, 0.4) is 0 Å². The zero-order valence-corrected chi connectivity index (χ0v) is 13.8. The molecule has 19 heavy (non-hydrogen) atoms. The summed E-state index contributed by atoms with van der Waals surface area (Å²) in [6.45, 7) is 13.0. The molecule has 1 rings (SSSR count). The molecule has 0 aromatic heterocycles. The standard InChI is InChI=1S/C17H36N2/c1-5-8-11-16(6-2)14-19-13-10-9-12-17(19)15(4)18-7-3/h15-18H,5-14H2,1-4H3. The van der Waals surface area contributed by atoms with Crippen LogP contribution in [0.25, 0.3) is 0 Å². The van der Waals surface area contributed by atoms with Gasteiger partial charge < -0.3 is 5.32 Å². The largest absolute Gasteiger partial charge is 0.313 e. The van der Waals surface area contributed by atoms with Crippen LogP contribution in [0.5, 0.6) is 0 Å². The Balaban J connectivity index is 2.50. The maximum absolute atomic E-state index is 3.64. The summed E-state index contributed by atoms with van der Waals surface area (Å²) in [5.41, 5.74) is 0. The molecule has 0 aliphatic carbocycles. The topological polar surface area (TPSA) is 15.3 Å². The van der Waals surface area contributed by atoms with Gasteiger partial charge in [0, 0.05) is 18.6 Å². The first kappa shape index (κ1) is 17.0. The van der Waals surface area contributed by atoms with Gasteiger partial charge in [0.1, 0.15) is 0 Å².